The Hall–Kier alpha value is -1.92. The molecule has 0 aromatic carbocycles. The third-order valence-electron chi connectivity index (χ3n) is 2.19. The van der Waals surface area contributed by atoms with Crippen LogP contribution in [0.4, 0.5) is 13.2 Å². The van der Waals surface area contributed by atoms with Crippen LogP contribution in [0.15, 0.2) is 33.8 Å². The summed E-state index contributed by atoms with van der Waals surface area (Å²) in [5.74, 6) is -2.72. The van der Waals surface area contributed by atoms with E-state index in [0.29, 0.717) is 0 Å². The zero-order chi connectivity index (χ0) is 11.9. The molecule has 0 saturated heterocycles. The molecular formula is C9H6F3N3O. The molecule has 84 valence electrons. The molecule has 1 atom stereocenters. The van der Waals surface area contributed by atoms with Crippen molar-refractivity contribution >= 4 is 17.6 Å². The molecule has 1 aliphatic carbocycles. The Kier molecular flexibility index (Phi) is 2.18. The molecule has 0 saturated carbocycles. The SMILES string of the molecule is NC1=NC(=O)C2C(C(F)(F)F)=CC=CC2=N1. The van der Waals surface area contributed by atoms with Crippen molar-refractivity contribution in [1.82, 2.24) is 0 Å². The van der Waals surface area contributed by atoms with Gasteiger partial charge in [-0.2, -0.15) is 18.2 Å². The molecule has 16 heavy (non-hydrogen) atoms. The number of allylic oxidation sites excluding steroid dienone is 3. The van der Waals surface area contributed by atoms with Gasteiger partial charge in [-0.3, -0.25) is 4.79 Å². The molecule has 4 nitrogen and oxygen atoms in total. The van der Waals surface area contributed by atoms with Crippen molar-refractivity contribution < 1.29 is 18.0 Å². The van der Waals surface area contributed by atoms with E-state index < -0.39 is 23.6 Å². The van der Waals surface area contributed by atoms with Crippen LogP contribution in [0.1, 0.15) is 0 Å². The lowest BCUT2D eigenvalue weighted by Crippen LogP contribution is -2.37. The number of hydrogen-bond donors (Lipinski definition) is 1. The van der Waals surface area contributed by atoms with Crippen LogP contribution in [-0.4, -0.2) is 23.8 Å². The molecule has 1 aliphatic heterocycles. The van der Waals surface area contributed by atoms with Crippen LogP contribution >= 0.6 is 0 Å². The van der Waals surface area contributed by atoms with Gasteiger partial charge in [-0.25, -0.2) is 4.99 Å². The van der Waals surface area contributed by atoms with Crippen LogP contribution in [0.3, 0.4) is 0 Å². The van der Waals surface area contributed by atoms with Crippen molar-refractivity contribution in [3.8, 4) is 0 Å². The Morgan fingerprint density at radius 1 is 1.31 bits per heavy atom. The van der Waals surface area contributed by atoms with Gasteiger partial charge in [0.05, 0.1) is 11.3 Å². The van der Waals surface area contributed by atoms with Crippen molar-refractivity contribution in [3.63, 3.8) is 0 Å². The first-order valence-electron chi connectivity index (χ1n) is 4.31. The van der Waals surface area contributed by atoms with Gasteiger partial charge in [0, 0.05) is 0 Å². The van der Waals surface area contributed by atoms with Crippen LogP contribution in [-0.2, 0) is 4.79 Å². The summed E-state index contributed by atoms with van der Waals surface area (Å²) in [4.78, 5) is 18.2. The number of guanidine groups is 1. The first kappa shape index (κ1) is 10.6. The van der Waals surface area contributed by atoms with Gasteiger partial charge in [0.1, 0.15) is 5.92 Å². The monoisotopic (exact) mass is 229 g/mol. The lowest BCUT2D eigenvalue weighted by Gasteiger charge is -2.24. The van der Waals surface area contributed by atoms with E-state index >= 15 is 0 Å². The molecule has 7 heteroatoms. The molecule has 0 spiro atoms. The maximum Gasteiger partial charge on any atom is 0.413 e. The molecule has 0 aromatic rings. The fourth-order valence-corrected chi connectivity index (χ4v) is 1.56. The number of hydrogen-bond acceptors (Lipinski definition) is 3. The fourth-order valence-electron chi connectivity index (χ4n) is 1.56. The first-order valence-corrected chi connectivity index (χ1v) is 4.31. The molecule has 0 fully saturated rings. The number of amides is 1. The maximum absolute atomic E-state index is 12.6. The smallest absolute Gasteiger partial charge is 0.368 e. The van der Waals surface area contributed by atoms with Crippen LogP contribution in [0.25, 0.3) is 0 Å². The van der Waals surface area contributed by atoms with Crippen LogP contribution in [0.2, 0.25) is 0 Å². The summed E-state index contributed by atoms with van der Waals surface area (Å²) in [7, 11) is 0. The van der Waals surface area contributed by atoms with Crippen LogP contribution in [0, 0.1) is 5.92 Å². The van der Waals surface area contributed by atoms with E-state index in [1.54, 1.807) is 0 Å². The summed E-state index contributed by atoms with van der Waals surface area (Å²) in [6, 6.07) is 0. The highest BCUT2D eigenvalue weighted by Gasteiger charge is 2.45. The average Bonchev–Trinajstić information content (AvgIpc) is 2.14. The van der Waals surface area contributed by atoms with Crippen molar-refractivity contribution in [3.05, 3.63) is 23.8 Å². The van der Waals surface area contributed by atoms with Gasteiger partial charge in [0.2, 0.25) is 5.96 Å². The Bertz CT molecular complexity index is 471. The van der Waals surface area contributed by atoms with E-state index in [1.165, 1.54) is 12.2 Å². The quantitative estimate of drug-likeness (QED) is 0.672. The minimum absolute atomic E-state index is 0.0210. The van der Waals surface area contributed by atoms with Crippen molar-refractivity contribution in [2.75, 3.05) is 0 Å². The van der Waals surface area contributed by atoms with E-state index in [4.69, 9.17) is 5.73 Å². The fraction of sp³-hybridized carbons (Fsp3) is 0.222. The number of rotatable bonds is 0. The van der Waals surface area contributed by atoms with E-state index in [-0.39, 0.29) is 11.7 Å². The second-order valence-electron chi connectivity index (χ2n) is 3.26. The van der Waals surface area contributed by atoms with Gasteiger partial charge in [0.25, 0.3) is 5.91 Å². The Morgan fingerprint density at radius 3 is 2.62 bits per heavy atom. The molecule has 2 aliphatic rings. The standard InChI is InChI=1S/C9H6F3N3O/c10-9(11,12)4-2-1-3-5-6(4)7(16)15-8(13)14-5/h1-3,6H,(H2,13,15,16). The lowest BCUT2D eigenvalue weighted by molar-refractivity contribution is -0.124. The molecule has 0 aromatic heterocycles. The summed E-state index contributed by atoms with van der Waals surface area (Å²) in [6.07, 6.45) is -1.23. The highest BCUT2D eigenvalue weighted by Crippen LogP contribution is 2.35. The molecule has 1 heterocycles. The van der Waals surface area contributed by atoms with Gasteiger partial charge in [-0.1, -0.05) is 12.2 Å². The number of alkyl halides is 3. The van der Waals surface area contributed by atoms with Crippen LogP contribution < -0.4 is 5.73 Å². The maximum atomic E-state index is 12.6. The first-order chi connectivity index (χ1) is 7.39. The molecule has 0 radical (unpaired) electrons. The van der Waals surface area contributed by atoms with Gasteiger partial charge >= 0.3 is 6.18 Å². The second kappa shape index (κ2) is 3.29. The zero-order valence-corrected chi connectivity index (χ0v) is 7.82. The summed E-state index contributed by atoms with van der Waals surface area (Å²) in [6.45, 7) is 0. The van der Waals surface area contributed by atoms with E-state index in [1.807, 2.05) is 0 Å². The summed E-state index contributed by atoms with van der Waals surface area (Å²) in [5.41, 5.74) is 4.21. The number of carbonyl (C=O) groups is 1. The van der Waals surface area contributed by atoms with Crippen molar-refractivity contribution in [2.24, 2.45) is 21.6 Å². The molecule has 2 N–H and O–H groups in total. The molecular weight excluding hydrogens is 223 g/mol. The van der Waals surface area contributed by atoms with Crippen LogP contribution in [0.5, 0.6) is 0 Å². The number of halogens is 3. The molecule has 1 unspecified atom stereocenters. The van der Waals surface area contributed by atoms with Gasteiger partial charge in [0.15, 0.2) is 0 Å². The Balaban J connectivity index is 2.48. The summed E-state index contributed by atoms with van der Waals surface area (Å²) >= 11 is 0. The van der Waals surface area contributed by atoms with E-state index in [0.717, 1.165) is 6.08 Å². The van der Waals surface area contributed by atoms with Crippen molar-refractivity contribution in [2.45, 2.75) is 6.18 Å². The van der Waals surface area contributed by atoms with Crippen molar-refractivity contribution in [1.29, 1.82) is 0 Å². The van der Waals surface area contributed by atoms with Gasteiger partial charge in [-0.15, -0.1) is 0 Å². The topological polar surface area (TPSA) is 67.8 Å². The third-order valence-corrected chi connectivity index (χ3v) is 2.19. The average molecular weight is 229 g/mol. The number of fused-ring (bicyclic) bond motifs is 1. The number of carbonyl (C=O) groups excluding carboxylic acids is 1. The number of aliphatic imine (C=N–C) groups is 2. The molecule has 0 bridgehead atoms. The predicted molar refractivity (Wildman–Crippen MR) is 50.8 cm³/mol. The lowest BCUT2D eigenvalue weighted by atomic mass is 9.88. The van der Waals surface area contributed by atoms with E-state index in [9.17, 15) is 18.0 Å². The predicted octanol–water partition coefficient (Wildman–Crippen LogP) is 0.957. The third kappa shape index (κ3) is 1.64. The minimum atomic E-state index is -4.58. The Morgan fingerprint density at radius 2 is 2.00 bits per heavy atom. The van der Waals surface area contributed by atoms with Gasteiger partial charge in [-0.05, 0) is 6.08 Å². The largest absolute Gasteiger partial charge is 0.413 e. The highest BCUT2D eigenvalue weighted by atomic mass is 19.4. The highest BCUT2D eigenvalue weighted by molar-refractivity contribution is 6.21. The summed E-state index contributed by atoms with van der Waals surface area (Å²) in [5, 5.41) is 0. The molecule has 2 rings (SSSR count). The van der Waals surface area contributed by atoms with Gasteiger partial charge < -0.3 is 5.73 Å². The Labute approximate surface area is 88.1 Å². The summed E-state index contributed by atoms with van der Waals surface area (Å²) < 4.78 is 37.8. The zero-order valence-electron chi connectivity index (χ0n) is 7.82. The minimum Gasteiger partial charge on any atom is -0.368 e. The van der Waals surface area contributed by atoms with E-state index in [2.05, 4.69) is 9.98 Å². The second-order valence-corrected chi connectivity index (χ2v) is 3.26. The number of nitrogens with two attached hydrogens (primary N) is 1. The molecule has 1 amide bonds. The number of nitrogens with zero attached hydrogens (tertiary/aromatic N) is 2. The normalized spacial score (nSPS) is 24.6.